The first kappa shape index (κ1) is 17.6. The quantitative estimate of drug-likeness (QED) is 0.494. The van der Waals surface area contributed by atoms with E-state index in [0.717, 1.165) is 12.1 Å². The van der Waals surface area contributed by atoms with Gasteiger partial charge in [-0.15, -0.1) is 0 Å². The third-order valence-corrected chi connectivity index (χ3v) is 4.45. The molecule has 0 amide bonds. The summed E-state index contributed by atoms with van der Waals surface area (Å²) in [6.45, 7) is 7.29. The van der Waals surface area contributed by atoms with Crippen molar-refractivity contribution in [3.63, 3.8) is 0 Å². The van der Waals surface area contributed by atoms with E-state index in [2.05, 4.69) is 0 Å². The fourth-order valence-corrected chi connectivity index (χ4v) is 2.36. The van der Waals surface area contributed by atoms with Gasteiger partial charge in [-0.05, 0) is 33.8 Å². The molecule has 0 radical (unpaired) electrons. The van der Waals surface area contributed by atoms with E-state index in [1.807, 2.05) is 27.7 Å². The molecule has 22 heavy (non-hydrogen) atoms. The number of alkyl halides is 3. The molecule has 1 aliphatic rings. The zero-order chi connectivity index (χ0) is 16.9. The van der Waals surface area contributed by atoms with Gasteiger partial charge in [-0.25, -0.2) is 5.21 Å². The molecule has 0 bridgehead atoms. The van der Waals surface area contributed by atoms with Crippen molar-refractivity contribution in [2.24, 2.45) is 0 Å². The number of hydrogen-bond donors (Lipinski definition) is 2. The summed E-state index contributed by atoms with van der Waals surface area (Å²) in [7, 11) is -0.904. The number of rotatable bonds is 2. The Morgan fingerprint density at radius 3 is 2.05 bits per heavy atom. The van der Waals surface area contributed by atoms with E-state index in [4.69, 9.17) is 26.1 Å². The van der Waals surface area contributed by atoms with Crippen LogP contribution in [0.3, 0.4) is 0 Å². The average Bonchev–Trinajstić information content (AvgIpc) is 2.56. The molecule has 1 aromatic carbocycles. The van der Waals surface area contributed by atoms with Crippen LogP contribution in [0.25, 0.3) is 0 Å². The SMILES string of the molecule is CC1(C)OB(c2cc([NH2+]O)c(C(F)(F)F)cc2Cl)OC1(C)C. The highest BCUT2D eigenvalue weighted by Crippen LogP contribution is 2.38. The van der Waals surface area contributed by atoms with E-state index >= 15 is 0 Å². The summed E-state index contributed by atoms with van der Waals surface area (Å²) in [4.78, 5) is 0. The molecule has 0 unspecified atom stereocenters. The second-order valence-electron chi connectivity index (χ2n) is 6.18. The minimum Gasteiger partial charge on any atom is -0.399 e. The maximum atomic E-state index is 12.9. The molecule has 9 heteroatoms. The van der Waals surface area contributed by atoms with E-state index in [-0.39, 0.29) is 16.2 Å². The number of benzene rings is 1. The first-order valence-electron chi connectivity index (χ1n) is 6.63. The zero-order valence-electron chi connectivity index (χ0n) is 12.6. The van der Waals surface area contributed by atoms with Crippen LogP contribution < -0.4 is 10.9 Å². The summed E-state index contributed by atoms with van der Waals surface area (Å²) in [6.07, 6.45) is -4.62. The molecule has 1 aliphatic heterocycles. The Kier molecular flexibility index (Phi) is 4.30. The second kappa shape index (κ2) is 5.38. The van der Waals surface area contributed by atoms with Crippen molar-refractivity contribution in [2.45, 2.75) is 45.1 Å². The highest BCUT2D eigenvalue weighted by atomic mass is 35.5. The molecule has 0 atom stereocenters. The van der Waals surface area contributed by atoms with Gasteiger partial charge >= 0.3 is 13.3 Å². The van der Waals surface area contributed by atoms with Crippen LogP contribution in [-0.4, -0.2) is 23.5 Å². The number of quaternary nitrogens is 1. The Labute approximate surface area is 131 Å². The molecule has 0 spiro atoms. The van der Waals surface area contributed by atoms with Crippen molar-refractivity contribution in [2.75, 3.05) is 0 Å². The molecule has 3 N–H and O–H groups in total. The normalized spacial score (nSPS) is 20.5. The van der Waals surface area contributed by atoms with Gasteiger partial charge in [0.15, 0.2) is 5.69 Å². The lowest BCUT2D eigenvalue weighted by Crippen LogP contribution is -2.74. The third-order valence-electron chi connectivity index (χ3n) is 4.12. The van der Waals surface area contributed by atoms with Crippen molar-refractivity contribution in [1.82, 2.24) is 0 Å². The molecule has 1 fully saturated rings. The third kappa shape index (κ3) is 2.98. The van der Waals surface area contributed by atoms with E-state index in [0.29, 0.717) is 5.48 Å². The topological polar surface area (TPSA) is 55.3 Å². The van der Waals surface area contributed by atoms with E-state index < -0.39 is 30.1 Å². The molecule has 0 aliphatic carbocycles. The molecule has 4 nitrogen and oxygen atoms in total. The van der Waals surface area contributed by atoms with E-state index in [9.17, 15) is 13.2 Å². The molecule has 2 rings (SSSR count). The summed E-state index contributed by atoms with van der Waals surface area (Å²) >= 11 is 5.98. The van der Waals surface area contributed by atoms with Gasteiger partial charge in [0, 0.05) is 16.6 Å². The highest BCUT2D eigenvalue weighted by Gasteiger charge is 2.52. The van der Waals surface area contributed by atoms with Gasteiger partial charge < -0.3 is 9.31 Å². The van der Waals surface area contributed by atoms with Crippen LogP contribution in [0.4, 0.5) is 18.9 Å². The van der Waals surface area contributed by atoms with Gasteiger partial charge in [0.25, 0.3) is 0 Å². The van der Waals surface area contributed by atoms with Crippen LogP contribution in [-0.2, 0) is 15.5 Å². The lowest BCUT2D eigenvalue weighted by molar-refractivity contribution is -0.826. The number of nitrogens with two attached hydrogens (primary N) is 1. The largest absolute Gasteiger partial charge is 0.496 e. The summed E-state index contributed by atoms with van der Waals surface area (Å²) in [5, 5.41) is 8.97. The van der Waals surface area contributed by atoms with E-state index in [1.165, 1.54) is 0 Å². The molecular weight excluding hydrogens is 321 g/mol. The summed E-state index contributed by atoms with van der Waals surface area (Å²) < 4.78 is 50.3. The highest BCUT2D eigenvalue weighted by molar-refractivity contribution is 6.65. The fraction of sp³-hybridized carbons (Fsp3) is 0.538. The van der Waals surface area contributed by atoms with Crippen LogP contribution >= 0.6 is 11.6 Å². The predicted octanol–water partition coefficient (Wildman–Crippen LogP) is 2.24. The fourth-order valence-electron chi connectivity index (χ4n) is 2.11. The molecular formula is C13H17BClF3NO3+. The van der Waals surface area contributed by atoms with Crippen LogP contribution in [0.15, 0.2) is 12.1 Å². The van der Waals surface area contributed by atoms with Crippen molar-refractivity contribution in [3.8, 4) is 0 Å². The maximum absolute atomic E-state index is 12.9. The molecule has 1 aromatic rings. The Morgan fingerprint density at radius 2 is 1.64 bits per heavy atom. The van der Waals surface area contributed by atoms with E-state index in [1.54, 1.807) is 0 Å². The monoisotopic (exact) mass is 338 g/mol. The van der Waals surface area contributed by atoms with Crippen molar-refractivity contribution >= 4 is 29.9 Å². The Balaban J connectivity index is 2.47. The smallest absolute Gasteiger partial charge is 0.399 e. The lowest BCUT2D eigenvalue weighted by atomic mass is 9.78. The van der Waals surface area contributed by atoms with Gasteiger partial charge in [-0.3, -0.25) is 0 Å². The number of halogens is 4. The number of hydrogen-bond acceptors (Lipinski definition) is 3. The van der Waals surface area contributed by atoms with Crippen LogP contribution in [0, 0.1) is 0 Å². The summed E-state index contributed by atoms with van der Waals surface area (Å²) in [5.41, 5.74) is -2.05. The van der Waals surface area contributed by atoms with Crippen molar-refractivity contribution in [3.05, 3.63) is 22.7 Å². The molecule has 1 heterocycles. The van der Waals surface area contributed by atoms with Gasteiger partial charge in [-0.1, -0.05) is 11.6 Å². The summed E-state index contributed by atoms with van der Waals surface area (Å²) in [6, 6.07) is 1.90. The Morgan fingerprint density at radius 1 is 1.14 bits per heavy atom. The maximum Gasteiger partial charge on any atom is 0.496 e. The van der Waals surface area contributed by atoms with Crippen LogP contribution in [0.1, 0.15) is 33.3 Å². The minimum atomic E-state index is -4.62. The van der Waals surface area contributed by atoms with Gasteiger partial charge in [0.2, 0.25) is 0 Å². The first-order valence-corrected chi connectivity index (χ1v) is 7.00. The predicted molar refractivity (Wildman–Crippen MR) is 75.5 cm³/mol. The molecule has 122 valence electrons. The summed E-state index contributed by atoms with van der Waals surface area (Å²) in [5.74, 6) is 0. The standard InChI is InChI=1S/C13H16BClF3NO3/c1-11(2)12(3,4)22-14(21-11)8-6-10(19-20)7(5-9(8)15)13(16,17)18/h5-6,19-20H,1-4H3/p+1. The van der Waals surface area contributed by atoms with Gasteiger partial charge in [0.05, 0.1) is 11.2 Å². The zero-order valence-corrected chi connectivity index (χ0v) is 13.3. The Hall–Kier alpha value is -0.795. The van der Waals surface area contributed by atoms with Crippen molar-refractivity contribution < 1.29 is 33.2 Å². The van der Waals surface area contributed by atoms with Gasteiger partial charge in [0.1, 0.15) is 5.56 Å². The second-order valence-corrected chi connectivity index (χ2v) is 6.58. The molecule has 0 aromatic heterocycles. The molecule has 1 saturated heterocycles. The van der Waals surface area contributed by atoms with Crippen LogP contribution in [0.2, 0.25) is 5.02 Å². The lowest BCUT2D eigenvalue weighted by Gasteiger charge is -2.32. The average molecular weight is 339 g/mol. The molecule has 0 saturated carbocycles. The minimum absolute atomic E-state index is 0.128. The first-order chi connectivity index (χ1) is 9.89. The Bertz CT molecular complexity index is 577. The van der Waals surface area contributed by atoms with Crippen LogP contribution in [0.5, 0.6) is 0 Å². The van der Waals surface area contributed by atoms with Crippen molar-refractivity contribution in [1.29, 1.82) is 0 Å². The van der Waals surface area contributed by atoms with Gasteiger partial charge in [-0.2, -0.15) is 18.7 Å².